The van der Waals surface area contributed by atoms with E-state index in [1.165, 1.54) is 7.11 Å². The number of carbonyl (C=O) groups excluding carboxylic acids is 3. The second-order valence-corrected chi connectivity index (χ2v) is 3.89. The van der Waals surface area contributed by atoms with Crippen LogP contribution in [0.15, 0.2) is 24.3 Å². The van der Waals surface area contributed by atoms with E-state index in [1.54, 1.807) is 24.3 Å². The molecule has 1 fully saturated rings. The highest BCUT2D eigenvalue weighted by molar-refractivity contribution is 6.04. The van der Waals surface area contributed by atoms with Gasteiger partial charge in [0, 0.05) is 0 Å². The number of ether oxygens (including phenoxy) is 1. The average Bonchev–Trinajstić information content (AvgIpc) is 2.69. The standard InChI is InChI=1S/C12H12N2O4/c1-18-9(15)6-7-2-4-8(5-3-7)10-11(16)14-12(17)13-10/h2-5,10H,6H2,1H3,(H2,13,14,16,17). The maximum atomic E-state index is 11.4. The first-order chi connectivity index (χ1) is 8.60. The quantitative estimate of drug-likeness (QED) is 0.594. The van der Waals surface area contributed by atoms with Crippen LogP contribution in [0.1, 0.15) is 17.2 Å². The normalized spacial score (nSPS) is 18.2. The topological polar surface area (TPSA) is 84.5 Å². The van der Waals surface area contributed by atoms with Gasteiger partial charge in [0.2, 0.25) is 0 Å². The van der Waals surface area contributed by atoms with E-state index >= 15 is 0 Å². The van der Waals surface area contributed by atoms with Crippen molar-refractivity contribution >= 4 is 17.9 Å². The SMILES string of the molecule is COC(=O)Cc1ccc(C2NC(=O)NC2=O)cc1. The van der Waals surface area contributed by atoms with Gasteiger partial charge in [-0.05, 0) is 11.1 Å². The number of rotatable bonds is 3. The number of methoxy groups -OCH3 is 1. The van der Waals surface area contributed by atoms with Crippen molar-refractivity contribution in [3.63, 3.8) is 0 Å². The minimum atomic E-state index is -0.662. The van der Waals surface area contributed by atoms with Crippen molar-refractivity contribution in [1.82, 2.24) is 10.6 Å². The van der Waals surface area contributed by atoms with Crippen LogP contribution in [0.2, 0.25) is 0 Å². The van der Waals surface area contributed by atoms with E-state index in [-0.39, 0.29) is 18.3 Å². The number of carbonyl (C=O) groups is 3. The van der Waals surface area contributed by atoms with Crippen molar-refractivity contribution in [2.24, 2.45) is 0 Å². The lowest BCUT2D eigenvalue weighted by Crippen LogP contribution is -2.22. The molecule has 0 bridgehead atoms. The van der Waals surface area contributed by atoms with E-state index in [4.69, 9.17) is 0 Å². The Morgan fingerprint density at radius 3 is 2.44 bits per heavy atom. The lowest BCUT2D eigenvalue weighted by molar-refractivity contribution is -0.139. The molecule has 1 aliphatic rings. The van der Waals surface area contributed by atoms with Gasteiger partial charge in [0.15, 0.2) is 0 Å². The van der Waals surface area contributed by atoms with E-state index in [2.05, 4.69) is 15.4 Å². The van der Waals surface area contributed by atoms with Crippen molar-refractivity contribution in [1.29, 1.82) is 0 Å². The van der Waals surface area contributed by atoms with E-state index < -0.39 is 12.1 Å². The molecule has 6 heteroatoms. The Balaban J connectivity index is 2.10. The highest BCUT2D eigenvalue weighted by Crippen LogP contribution is 2.17. The van der Waals surface area contributed by atoms with E-state index in [1.807, 2.05) is 0 Å². The zero-order valence-electron chi connectivity index (χ0n) is 9.73. The van der Waals surface area contributed by atoms with Crippen LogP contribution in [0.4, 0.5) is 4.79 Å². The molecule has 1 aromatic rings. The van der Waals surface area contributed by atoms with Gasteiger partial charge in [-0.3, -0.25) is 14.9 Å². The first-order valence-corrected chi connectivity index (χ1v) is 5.37. The number of hydrogen-bond donors (Lipinski definition) is 2. The zero-order chi connectivity index (χ0) is 13.1. The molecule has 2 rings (SSSR count). The van der Waals surface area contributed by atoms with Gasteiger partial charge in [0.1, 0.15) is 6.04 Å². The number of esters is 1. The van der Waals surface area contributed by atoms with Crippen LogP contribution in [0.3, 0.4) is 0 Å². The first kappa shape index (κ1) is 12.1. The lowest BCUT2D eigenvalue weighted by Gasteiger charge is -2.08. The molecule has 0 spiro atoms. The summed E-state index contributed by atoms with van der Waals surface area (Å²) in [6, 6.07) is 5.70. The highest BCUT2D eigenvalue weighted by Gasteiger charge is 2.30. The molecular weight excluding hydrogens is 236 g/mol. The van der Waals surface area contributed by atoms with Crippen molar-refractivity contribution in [2.45, 2.75) is 12.5 Å². The van der Waals surface area contributed by atoms with Gasteiger partial charge in [-0.2, -0.15) is 0 Å². The maximum absolute atomic E-state index is 11.4. The molecule has 1 aliphatic heterocycles. The summed E-state index contributed by atoms with van der Waals surface area (Å²) in [6.07, 6.45) is 0.181. The molecule has 3 amide bonds. The average molecular weight is 248 g/mol. The summed E-state index contributed by atoms with van der Waals surface area (Å²) in [4.78, 5) is 33.5. The van der Waals surface area contributed by atoms with Crippen LogP contribution >= 0.6 is 0 Å². The number of nitrogens with one attached hydrogen (secondary N) is 2. The monoisotopic (exact) mass is 248 g/mol. The van der Waals surface area contributed by atoms with Crippen LogP contribution in [0, 0.1) is 0 Å². The van der Waals surface area contributed by atoms with Gasteiger partial charge in [-0.25, -0.2) is 4.79 Å². The van der Waals surface area contributed by atoms with Crippen LogP contribution in [0.5, 0.6) is 0 Å². The number of hydrogen-bond acceptors (Lipinski definition) is 4. The summed E-state index contributed by atoms with van der Waals surface area (Å²) in [6.45, 7) is 0. The third kappa shape index (κ3) is 2.48. The van der Waals surface area contributed by atoms with Crippen molar-refractivity contribution < 1.29 is 19.1 Å². The van der Waals surface area contributed by atoms with Gasteiger partial charge in [-0.1, -0.05) is 24.3 Å². The largest absolute Gasteiger partial charge is 0.469 e. The Hall–Kier alpha value is -2.37. The second kappa shape index (κ2) is 4.87. The van der Waals surface area contributed by atoms with Gasteiger partial charge in [-0.15, -0.1) is 0 Å². The van der Waals surface area contributed by atoms with E-state index in [9.17, 15) is 14.4 Å². The van der Waals surface area contributed by atoms with Crippen LogP contribution in [0.25, 0.3) is 0 Å². The van der Waals surface area contributed by atoms with Crippen molar-refractivity contribution in [3.05, 3.63) is 35.4 Å². The Kier molecular flexibility index (Phi) is 3.27. The third-order valence-electron chi connectivity index (χ3n) is 2.66. The Morgan fingerprint density at radius 1 is 1.28 bits per heavy atom. The number of amides is 3. The number of benzene rings is 1. The van der Waals surface area contributed by atoms with Crippen molar-refractivity contribution in [3.8, 4) is 0 Å². The highest BCUT2D eigenvalue weighted by atomic mass is 16.5. The van der Waals surface area contributed by atoms with Crippen LogP contribution in [-0.2, 0) is 20.7 Å². The molecule has 1 aromatic carbocycles. The molecule has 94 valence electrons. The fourth-order valence-corrected chi connectivity index (χ4v) is 1.72. The summed E-state index contributed by atoms with van der Waals surface area (Å²) in [5.41, 5.74) is 1.46. The van der Waals surface area contributed by atoms with E-state index in [0.717, 1.165) is 5.56 Å². The molecular formula is C12H12N2O4. The van der Waals surface area contributed by atoms with Gasteiger partial charge >= 0.3 is 12.0 Å². The summed E-state index contributed by atoms with van der Waals surface area (Å²) in [7, 11) is 1.33. The molecule has 1 atom stereocenters. The third-order valence-corrected chi connectivity index (χ3v) is 2.66. The fourth-order valence-electron chi connectivity index (χ4n) is 1.72. The molecule has 1 heterocycles. The summed E-state index contributed by atoms with van der Waals surface area (Å²) in [5.74, 6) is -0.699. The molecule has 0 aliphatic carbocycles. The molecule has 1 saturated heterocycles. The Labute approximate surface area is 103 Å². The zero-order valence-corrected chi connectivity index (χ0v) is 9.73. The second-order valence-electron chi connectivity index (χ2n) is 3.89. The minimum absolute atomic E-state index is 0.181. The number of urea groups is 1. The first-order valence-electron chi connectivity index (χ1n) is 5.37. The lowest BCUT2D eigenvalue weighted by atomic mass is 10.0. The maximum Gasteiger partial charge on any atom is 0.322 e. The van der Waals surface area contributed by atoms with Crippen LogP contribution in [-0.4, -0.2) is 25.0 Å². The van der Waals surface area contributed by atoms with E-state index in [0.29, 0.717) is 5.56 Å². The summed E-state index contributed by atoms with van der Waals surface area (Å²) < 4.78 is 4.56. The summed E-state index contributed by atoms with van der Waals surface area (Å²) >= 11 is 0. The molecule has 6 nitrogen and oxygen atoms in total. The summed E-state index contributed by atoms with van der Waals surface area (Å²) in [5, 5.41) is 4.66. The van der Waals surface area contributed by atoms with Crippen molar-refractivity contribution in [2.75, 3.05) is 7.11 Å². The predicted octanol–water partition coefficient (Wildman–Crippen LogP) is 0.283. The molecule has 0 radical (unpaired) electrons. The van der Waals surface area contributed by atoms with Crippen LogP contribution < -0.4 is 10.6 Å². The fraction of sp³-hybridized carbons (Fsp3) is 0.250. The predicted molar refractivity (Wildman–Crippen MR) is 61.6 cm³/mol. The Bertz CT molecular complexity index is 495. The molecule has 1 unspecified atom stereocenters. The molecule has 2 N–H and O–H groups in total. The minimum Gasteiger partial charge on any atom is -0.469 e. The van der Waals surface area contributed by atoms with Gasteiger partial charge < -0.3 is 10.1 Å². The van der Waals surface area contributed by atoms with Gasteiger partial charge in [0.25, 0.3) is 5.91 Å². The Morgan fingerprint density at radius 2 is 1.94 bits per heavy atom. The molecule has 0 saturated carbocycles. The smallest absolute Gasteiger partial charge is 0.322 e. The molecule has 0 aromatic heterocycles. The van der Waals surface area contributed by atoms with Gasteiger partial charge in [0.05, 0.1) is 13.5 Å². The number of imide groups is 1. The molecule has 18 heavy (non-hydrogen) atoms.